The molecule has 1 atom stereocenters. The van der Waals surface area contributed by atoms with Crippen LogP contribution in [0, 0.1) is 6.92 Å². The van der Waals surface area contributed by atoms with Crippen LogP contribution in [0.2, 0.25) is 0 Å². The molecule has 2 saturated heterocycles. The van der Waals surface area contributed by atoms with Gasteiger partial charge in [0.1, 0.15) is 0 Å². The van der Waals surface area contributed by atoms with Crippen LogP contribution in [0.1, 0.15) is 22.7 Å². The fraction of sp³-hybridized carbons (Fsp3) is 0.529. The Labute approximate surface area is 145 Å². The number of rotatable bonds is 5. The molecular formula is C17H21N3OS2. The van der Waals surface area contributed by atoms with Gasteiger partial charge in [0, 0.05) is 41.2 Å². The Morgan fingerprint density at radius 3 is 3.00 bits per heavy atom. The fourth-order valence-corrected chi connectivity index (χ4v) is 5.80. The highest BCUT2D eigenvalue weighted by Gasteiger charge is 2.49. The summed E-state index contributed by atoms with van der Waals surface area (Å²) in [6, 6.07) is 5.99. The van der Waals surface area contributed by atoms with Gasteiger partial charge in [0.05, 0.1) is 29.6 Å². The predicted molar refractivity (Wildman–Crippen MR) is 94.7 cm³/mol. The number of pyridine rings is 1. The number of nitrogens with zero attached hydrogens (tertiary/aromatic N) is 3. The monoisotopic (exact) mass is 347 g/mol. The zero-order chi connectivity index (χ0) is 15.7. The number of hydrogen-bond donors (Lipinski definition) is 0. The summed E-state index contributed by atoms with van der Waals surface area (Å²) < 4.78 is 6.49. The standard InChI is InChI=1S/C17H21N3OS2/c1-13-16(22-12-19-13)7-20-10-17(11-20)6-15(9-23-17)21-8-14-4-2-3-5-18-14/h2-5,12,15H,6-11H2,1H3/t15-/m0/s1. The van der Waals surface area contributed by atoms with E-state index in [9.17, 15) is 0 Å². The van der Waals surface area contributed by atoms with Gasteiger partial charge in [-0.05, 0) is 25.5 Å². The summed E-state index contributed by atoms with van der Waals surface area (Å²) in [4.78, 5) is 12.6. The highest BCUT2D eigenvalue weighted by Crippen LogP contribution is 2.46. The van der Waals surface area contributed by atoms with E-state index >= 15 is 0 Å². The Hall–Kier alpha value is -0.950. The van der Waals surface area contributed by atoms with Gasteiger partial charge < -0.3 is 4.74 Å². The number of thiazole rings is 1. The van der Waals surface area contributed by atoms with Crippen LogP contribution in [0.5, 0.6) is 0 Å². The van der Waals surface area contributed by atoms with E-state index in [-0.39, 0.29) is 0 Å². The number of aryl methyl sites for hydroxylation is 1. The molecule has 0 bridgehead atoms. The molecule has 2 aromatic rings. The van der Waals surface area contributed by atoms with Crippen LogP contribution in [0.15, 0.2) is 29.9 Å². The molecule has 0 amide bonds. The van der Waals surface area contributed by atoms with Crippen LogP contribution in [0.4, 0.5) is 0 Å². The number of thioether (sulfide) groups is 1. The third-order valence-corrected chi connectivity index (χ3v) is 7.10. The molecule has 4 nitrogen and oxygen atoms in total. The first-order valence-corrected chi connectivity index (χ1v) is 9.86. The summed E-state index contributed by atoms with van der Waals surface area (Å²) >= 11 is 3.87. The third-order valence-electron chi connectivity index (χ3n) is 4.60. The van der Waals surface area contributed by atoms with Crippen LogP contribution in [-0.2, 0) is 17.9 Å². The number of ether oxygens (including phenoxy) is 1. The van der Waals surface area contributed by atoms with Crippen molar-refractivity contribution in [2.24, 2.45) is 0 Å². The summed E-state index contributed by atoms with van der Waals surface area (Å²) in [6.45, 7) is 6.15. The van der Waals surface area contributed by atoms with Gasteiger partial charge in [-0.3, -0.25) is 9.88 Å². The smallest absolute Gasteiger partial charge is 0.0892 e. The minimum absolute atomic E-state index is 0.370. The summed E-state index contributed by atoms with van der Waals surface area (Å²) in [7, 11) is 0. The Bertz CT molecular complexity index is 655. The molecule has 2 aliphatic heterocycles. The predicted octanol–water partition coefficient (Wildman–Crippen LogP) is 3.12. The Kier molecular flexibility index (Phi) is 4.41. The van der Waals surface area contributed by atoms with E-state index in [1.165, 1.54) is 30.1 Å². The Morgan fingerprint density at radius 1 is 1.35 bits per heavy atom. The van der Waals surface area contributed by atoms with Crippen LogP contribution in [-0.4, -0.2) is 44.6 Å². The van der Waals surface area contributed by atoms with Crippen molar-refractivity contribution in [1.29, 1.82) is 0 Å². The van der Waals surface area contributed by atoms with Gasteiger partial charge in [0.2, 0.25) is 0 Å². The minimum Gasteiger partial charge on any atom is -0.371 e. The zero-order valence-corrected chi connectivity index (χ0v) is 14.9. The normalized spacial score (nSPS) is 23.3. The van der Waals surface area contributed by atoms with Crippen molar-refractivity contribution in [2.75, 3.05) is 18.8 Å². The van der Waals surface area contributed by atoms with Crippen molar-refractivity contribution in [3.05, 3.63) is 46.2 Å². The molecule has 2 fully saturated rings. The van der Waals surface area contributed by atoms with Gasteiger partial charge in [-0.25, -0.2) is 4.98 Å². The SMILES string of the molecule is Cc1ncsc1CN1CC2(C[C@H](OCc3ccccn3)CS2)C1. The van der Waals surface area contributed by atoms with E-state index in [2.05, 4.69) is 33.6 Å². The molecule has 0 aromatic carbocycles. The zero-order valence-electron chi connectivity index (χ0n) is 13.3. The molecule has 0 aliphatic carbocycles. The average molecular weight is 348 g/mol. The molecule has 0 unspecified atom stereocenters. The highest BCUT2D eigenvalue weighted by molar-refractivity contribution is 8.01. The summed E-state index contributed by atoms with van der Waals surface area (Å²) in [5.41, 5.74) is 4.16. The van der Waals surface area contributed by atoms with Crippen LogP contribution in [0.3, 0.4) is 0 Å². The second-order valence-corrected chi connectivity index (χ2v) is 8.89. The lowest BCUT2D eigenvalue weighted by atomic mass is 9.93. The molecule has 0 N–H and O–H groups in total. The summed E-state index contributed by atoms with van der Waals surface area (Å²) in [6.07, 6.45) is 3.37. The molecule has 4 heterocycles. The summed E-state index contributed by atoms with van der Waals surface area (Å²) in [5.74, 6) is 1.11. The third kappa shape index (κ3) is 3.45. The molecule has 122 valence electrons. The lowest BCUT2D eigenvalue weighted by Gasteiger charge is -2.47. The molecule has 0 radical (unpaired) electrons. The number of likely N-dealkylation sites (tertiary alicyclic amines) is 1. The quantitative estimate of drug-likeness (QED) is 0.831. The largest absolute Gasteiger partial charge is 0.371 e. The first-order valence-electron chi connectivity index (χ1n) is 7.99. The molecular weight excluding hydrogens is 326 g/mol. The fourth-order valence-electron chi connectivity index (χ4n) is 3.38. The van der Waals surface area contributed by atoms with Crippen molar-refractivity contribution < 1.29 is 4.74 Å². The van der Waals surface area contributed by atoms with Crippen molar-refractivity contribution in [1.82, 2.24) is 14.9 Å². The van der Waals surface area contributed by atoms with Gasteiger partial charge in [0.25, 0.3) is 0 Å². The number of hydrogen-bond acceptors (Lipinski definition) is 6. The summed E-state index contributed by atoms with van der Waals surface area (Å²) in [5, 5.41) is 0. The van der Waals surface area contributed by atoms with Crippen molar-refractivity contribution in [3.63, 3.8) is 0 Å². The minimum atomic E-state index is 0.370. The second kappa shape index (κ2) is 6.51. The maximum Gasteiger partial charge on any atom is 0.0892 e. The Morgan fingerprint density at radius 2 is 2.26 bits per heavy atom. The van der Waals surface area contributed by atoms with E-state index in [0.717, 1.165) is 18.0 Å². The van der Waals surface area contributed by atoms with Crippen molar-refractivity contribution in [3.8, 4) is 0 Å². The van der Waals surface area contributed by atoms with E-state index in [1.54, 1.807) is 11.3 Å². The maximum absolute atomic E-state index is 6.07. The maximum atomic E-state index is 6.07. The van der Waals surface area contributed by atoms with Gasteiger partial charge in [-0.1, -0.05) is 6.07 Å². The van der Waals surface area contributed by atoms with Gasteiger partial charge in [-0.2, -0.15) is 0 Å². The molecule has 0 saturated carbocycles. The van der Waals surface area contributed by atoms with Crippen molar-refractivity contribution in [2.45, 2.75) is 37.3 Å². The topological polar surface area (TPSA) is 38.2 Å². The van der Waals surface area contributed by atoms with E-state index in [1.807, 2.05) is 29.9 Å². The van der Waals surface area contributed by atoms with E-state index in [4.69, 9.17) is 4.74 Å². The molecule has 6 heteroatoms. The Balaban J connectivity index is 1.24. The molecule has 4 rings (SSSR count). The van der Waals surface area contributed by atoms with Crippen LogP contribution >= 0.6 is 23.1 Å². The van der Waals surface area contributed by atoms with Gasteiger partial charge in [0.15, 0.2) is 0 Å². The van der Waals surface area contributed by atoms with Gasteiger partial charge in [-0.15, -0.1) is 23.1 Å². The lowest BCUT2D eigenvalue weighted by Crippen LogP contribution is -2.58. The number of aromatic nitrogens is 2. The van der Waals surface area contributed by atoms with Crippen LogP contribution in [0.25, 0.3) is 0 Å². The van der Waals surface area contributed by atoms with E-state index in [0.29, 0.717) is 17.5 Å². The molecule has 23 heavy (non-hydrogen) atoms. The first-order chi connectivity index (χ1) is 11.2. The van der Waals surface area contributed by atoms with Gasteiger partial charge >= 0.3 is 0 Å². The molecule has 2 aromatic heterocycles. The van der Waals surface area contributed by atoms with E-state index < -0.39 is 0 Å². The molecule has 2 aliphatic rings. The highest BCUT2D eigenvalue weighted by atomic mass is 32.2. The van der Waals surface area contributed by atoms with Crippen LogP contribution < -0.4 is 0 Å². The average Bonchev–Trinajstić information content (AvgIpc) is 3.13. The molecule has 1 spiro atoms. The van der Waals surface area contributed by atoms with Crippen molar-refractivity contribution >= 4 is 23.1 Å². The lowest BCUT2D eigenvalue weighted by molar-refractivity contribution is 0.0252. The first kappa shape index (κ1) is 15.6. The second-order valence-electron chi connectivity index (χ2n) is 6.46.